The van der Waals surface area contributed by atoms with Gasteiger partial charge in [0.05, 0.1) is 0 Å². The van der Waals surface area contributed by atoms with Crippen LogP contribution < -0.4 is 0 Å². The Bertz CT molecular complexity index is 361. The van der Waals surface area contributed by atoms with E-state index in [1.807, 2.05) is 6.92 Å². The second kappa shape index (κ2) is 4.77. The molecule has 96 valence electrons. The number of carboxylic acid groups (broad SMARTS) is 1. The molecule has 1 aliphatic heterocycles. The Morgan fingerprint density at radius 2 is 2.06 bits per heavy atom. The molecule has 0 saturated heterocycles. The summed E-state index contributed by atoms with van der Waals surface area (Å²) in [7, 11) is 1.53. The molecular weight excluding hydrogens is 220 g/mol. The van der Waals surface area contributed by atoms with Gasteiger partial charge in [-0.3, -0.25) is 0 Å². The van der Waals surface area contributed by atoms with Crippen LogP contribution in [-0.4, -0.2) is 52.6 Å². The van der Waals surface area contributed by atoms with E-state index in [1.165, 1.54) is 25.8 Å². The van der Waals surface area contributed by atoms with Crippen LogP contribution in [0.5, 0.6) is 0 Å². The number of carbonyl (C=O) groups excluding carboxylic acids is 1. The zero-order chi connectivity index (χ0) is 13.2. The van der Waals surface area contributed by atoms with E-state index in [4.69, 9.17) is 5.11 Å². The number of hydrogen-bond donors (Lipinski definition) is 1. The van der Waals surface area contributed by atoms with Gasteiger partial charge in [-0.05, 0) is 27.2 Å². The SMILES string of the molecule is CC1=CCCN(C(=O)N(C)C(C)(C)C(=O)O)C1. The molecule has 2 amide bonds. The minimum atomic E-state index is -1.19. The van der Waals surface area contributed by atoms with E-state index in [2.05, 4.69) is 6.08 Å². The van der Waals surface area contributed by atoms with Crippen molar-refractivity contribution in [3.8, 4) is 0 Å². The molecule has 5 nitrogen and oxygen atoms in total. The van der Waals surface area contributed by atoms with Crippen molar-refractivity contribution in [3.63, 3.8) is 0 Å². The molecule has 0 atom stereocenters. The van der Waals surface area contributed by atoms with Crippen molar-refractivity contribution in [1.29, 1.82) is 0 Å². The molecule has 0 fully saturated rings. The molecule has 1 N–H and O–H groups in total. The van der Waals surface area contributed by atoms with Gasteiger partial charge < -0.3 is 14.9 Å². The zero-order valence-electron chi connectivity index (χ0n) is 10.9. The van der Waals surface area contributed by atoms with Crippen LogP contribution in [-0.2, 0) is 4.79 Å². The number of hydrogen-bond acceptors (Lipinski definition) is 2. The third kappa shape index (κ3) is 2.78. The van der Waals surface area contributed by atoms with Gasteiger partial charge in [0.25, 0.3) is 0 Å². The molecule has 1 aliphatic rings. The normalized spacial score (nSPS) is 16.5. The van der Waals surface area contributed by atoms with Crippen molar-refractivity contribution in [1.82, 2.24) is 9.80 Å². The Labute approximate surface area is 102 Å². The fourth-order valence-electron chi connectivity index (χ4n) is 1.67. The number of amides is 2. The molecule has 0 saturated carbocycles. The summed E-state index contributed by atoms with van der Waals surface area (Å²) in [5, 5.41) is 9.09. The topological polar surface area (TPSA) is 60.9 Å². The first-order chi connectivity index (χ1) is 7.76. The predicted octanol–water partition coefficient (Wildman–Crippen LogP) is 1.55. The van der Waals surface area contributed by atoms with Crippen molar-refractivity contribution in [2.45, 2.75) is 32.7 Å². The summed E-state index contributed by atoms with van der Waals surface area (Å²) in [6, 6.07) is -0.232. The fourth-order valence-corrected chi connectivity index (χ4v) is 1.67. The summed E-state index contributed by atoms with van der Waals surface area (Å²) < 4.78 is 0. The first-order valence-electron chi connectivity index (χ1n) is 5.68. The quantitative estimate of drug-likeness (QED) is 0.745. The molecule has 0 radical (unpaired) electrons. The minimum Gasteiger partial charge on any atom is -0.480 e. The largest absolute Gasteiger partial charge is 0.480 e. The van der Waals surface area contributed by atoms with E-state index in [0.29, 0.717) is 13.1 Å². The second-order valence-electron chi connectivity index (χ2n) is 4.97. The number of rotatable bonds is 2. The van der Waals surface area contributed by atoms with E-state index in [9.17, 15) is 9.59 Å². The maximum Gasteiger partial charge on any atom is 0.329 e. The van der Waals surface area contributed by atoms with Gasteiger partial charge >= 0.3 is 12.0 Å². The van der Waals surface area contributed by atoms with Crippen LogP contribution in [0.15, 0.2) is 11.6 Å². The standard InChI is InChI=1S/C12H20N2O3/c1-9-6-5-7-14(8-9)11(17)13(4)12(2,3)10(15)16/h6H,5,7-8H2,1-4H3,(H,15,16). The maximum absolute atomic E-state index is 12.2. The number of nitrogens with zero attached hydrogens (tertiary/aromatic N) is 2. The van der Waals surface area contributed by atoms with Gasteiger partial charge in [0.1, 0.15) is 5.54 Å². The molecule has 0 aromatic carbocycles. The van der Waals surface area contributed by atoms with Crippen LogP contribution in [0, 0.1) is 0 Å². The third-order valence-corrected chi connectivity index (χ3v) is 3.25. The van der Waals surface area contributed by atoms with Gasteiger partial charge in [-0.1, -0.05) is 11.6 Å². The van der Waals surface area contributed by atoms with Crippen LogP contribution >= 0.6 is 0 Å². The predicted molar refractivity (Wildman–Crippen MR) is 64.8 cm³/mol. The summed E-state index contributed by atoms with van der Waals surface area (Å²) in [6.07, 6.45) is 2.94. The average molecular weight is 240 g/mol. The number of carbonyl (C=O) groups is 2. The van der Waals surface area contributed by atoms with Gasteiger partial charge in [-0.2, -0.15) is 0 Å². The second-order valence-corrected chi connectivity index (χ2v) is 4.97. The monoisotopic (exact) mass is 240 g/mol. The Morgan fingerprint density at radius 1 is 1.47 bits per heavy atom. The van der Waals surface area contributed by atoms with Gasteiger partial charge in [-0.15, -0.1) is 0 Å². The van der Waals surface area contributed by atoms with Crippen LogP contribution in [0.4, 0.5) is 4.79 Å². The summed E-state index contributed by atoms with van der Waals surface area (Å²) >= 11 is 0. The minimum absolute atomic E-state index is 0.232. The smallest absolute Gasteiger partial charge is 0.329 e. The van der Waals surface area contributed by atoms with Crippen molar-refractivity contribution < 1.29 is 14.7 Å². The van der Waals surface area contributed by atoms with Crippen molar-refractivity contribution in [2.75, 3.05) is 20.1 Å². The first-order valence-corrected chi connectivity index (χ1v) is 5.68. The van der Waals surface area contributed by atoms with Crippen molar-refractivity contribution in [3.05, 3.63) is 11.6 Å². The maximum atomic E-state index is 12.2. The number of carboxylic acids is 1. The van der Waals surface area contributed by atoms with Gasteiger partial charge in [0.2, 0.25) is 0 Å². The van der Waals surface area contributed by atoms with Crippen molar-refractivity contribution in [2.24, 2.45) is 0 Å². The molecule has 0 bridgehead atoms. The molecule has 5 heteroatoms. The average Bonchev–Trinajstić information content (AvgIpc) is 2.26. The van der Waals surface area contributed by atoms with E-state index in [0.717, 1.165) is 12.0 Å². The summed E-state index contributed by atoms with van der Waals surface area (Å²) in [5.74, 6) is -1.00. The van der Waals surface area contributed by atoms with E-state index in [1.54, 1.807) is 4.90 Å². The lowest BCUT2D eigenvalue weighted by Gasteiger charge is -2.37. The molecule has 1 heterocycles. The van der Waals surface area contributed by atoms with Gasteiger partial charge in [-0.25, -0.2) is 9.59 Å². The Kier molecular flexibility index (Phi) is 3.80. The molecule has 0 aliphatic carbocycles. The lowest BCUT2D eigenvalue weighted by atomic mass is 10.0. The molecule has 1 rings (SSSR count). The van der Waals surface area contributed by atoms with E-state index in [-0.39, 0.29) is 6.03 Å². The Hall–Kier alpha value is -1.52. The lowest BCUT2D eigenvalue weighted by molar-refractivity contribution is -0.147. The molecule has 0 aromatic rings. The lowest BCUT2D eigenvalue weighted by Crippen LogP contribution is -2.55. The Balaban J connectivity index is 2.77. The van der Waals surface area contributed by atoms with Crippen LogP contribution in [0.25, 0.3) is 0 Å². The number of aliphatic carboxylic acids is 1. The molecular formula is C12H20N2O3. The van der Waals surface area contributed by atoms with Crippen LogP contribution in [0.2, 0.25) is 0 Å². The highest BCUT2D eigenvalue weighted by atomic mass is 16.4. The number of likely N-dealkylation sites (N-methyl/N-ethyl adjacent to an activating group) is 1. The molecule has 0 unspecified atom stereocenters. The Morgan fingerprint density at radius 3 is 2.53 bits per heavy atom. The first kappa shape index (κ1) is 13.5. The van der Waals surface area contributed by atoms with Crippen LogP contribution in [0.3, 0.4) is 0 Å². The van der Waals surface area contributed by atoms with E-state index < -0.39 is 11.5 Å². The van der Waals surface area contributed by atoms with Gasteiger partial charge in [0, 0.05) is 20.1 Å². The highest BCUT2D eigenvalue weighted by Gasteiger charge is 2.37. The fraction of sp³-hybridized carbons (Fsp3) is 0.667. The zero-order valence-corrected chi connectivity index (χ0v) is 10.9. The third-order valence-electron chi connectivity index (χ3n) is 3.25. The van der Waals surface area contributed by atoms with Gasteiger partial charge in [0.15, 0.2) is 0 Å². The van der Waals surface area contributed by atoms with Crippen LogP contribution in [0.1, 0.15) is 27.2 Å². The highest BCUT2D eigenvalue weighted by molar-refractivity contribution is 5.85. The summed E-state index contributed by atoms with van der Waals surface area (Å²) in [4.78, 5) is 26.2. The summed E-state index contributed by atoms with van der Waals surface area (Å²) in [5.41, 5.74) is -0.0438. The molecule has 0 aromatic heterocycles. The van der Waals surface area contributed by atoms with Crippen molar-refractivity contribution >= 4 is 12.0 Å². The number of urea groups is 1. The summed E-state index contributed by atoms with van der Waals surface area (Å²) in [6.45, 7) is 6.26. The van der Waals surface area contributed by atoms with E-state index >= 15 is 0 Å². The molecule has 17 heavy (non-hydrogen) atoms. The highest BCUT2D eigenvalue weighted by Crippen LogP contribution is 2.17. The molecule has 0 spiro atoms.